The van der Waals surface area contributed by atoms with Crippen LogP contribution in [-0.4, -0.2) is 18.7 Å². The van der Waals surface area contributed by atoms with E-state index >= 15 is 0 Å². The van der Waals surface area contributed by atoms with Crippen molar-refractivity contribution in [2.24, 2.45) is 0 Å². The highest BCUT2D eigenvalue weighted by Gasteiger charge is 2.16. The molecule has 0 saturated heterocycles. The Kier molecular flexibility index (Phi) is 4.56. The monoisotopic (exact) mass is 279 g/mol. The summed E-state index contributed by atoms with van der Waals surface area (Å²) in [5.41, 5.74) is 1.13. The normalized spacial score (nSPS) is 12.4. The molecule has 0 saturated carbocycles. The van der Waals surface area contributed by atoms with Gasteiger partial charge >= 0.3 is 0 Å². The van der Waals surface area contributed by atoms with Gasteiger partial charge in [-0.2, -0.15) is 0 Å². The van der Waals surface area contributed by atoms with Gasteiger partial charge in [-0.3, -0.25) is 0 Å². The summed E-state index contributed by atoms with van der Waals surface area (Å²) >= 11 is 1.72. The van der Waals surface area contributed by atoms with E-state index in [1.807, 2.05) is 24.1 Å². The number of benzene rings is 1. The molecule has 0 amide bonds. The van der Waals surface area contributed by atoms with E-state index in [2.05, 4.69) is 11.4 Å². The van der Waals surface area contributed by atoms with Crippen molar-refractivity contribution >= 4 is 17.0 Å². The van der Waals surface area contributed by atoms with Crippen LogP contribution in [0.3, 0.4) is 0 Å². The minimum Gasteiger partial charge on any atom is -0.389 e. The van der Waals surface area contributed by atoms with Gasteiger partial charge in [0.05, 0.1) is 6.10 Å². The molecule has 0 aliphatic carbocycles. The topological polar surface area (TPSA) is 23.5 Å². The zero-order valence-electron chi connectivity index (χ0n) is 11.1. The van der Waals surface area contributed by atoms with Crippen LogP contribution < -0.4 is 4.90 Å². The highest BCUT2D eigenvalue weighted by Crippen LogP contribution is 2.28. The Labute approximate surface area is 117 Å². The maximum absolute atomic E-state index is 13.8. The summed E-state index contributed by atoms with van der Waals surface area (Å²) in [5, 5.41) is 11.8. The number of anilines is 1. The molecular formula is C15H18FNOS. The Balaban J connectivity index is 2.14. The molecule has 2 aromatic rings. The first-order valence-electron chi connectivity index (χ1n) is 6.29. The number of rotatable bonds is 5. The van der Waals surface area contributed by atoms with Crippen LogP contribution in [0.2, 0.25) is 0 Å². The summed E-state index contributed by atoms with van der Waals surface area (Å²) in [6.07, 6.45) is 0.115. The van der Waals surface area contributed by atoms with E-state index in [4.69, 9.17) is 0 Å². The fourth-order valence-electron chi connectivity index (χ4n) is 2.13. The second kappa shape index (κ2) is 6.17. The number of hydrogen-bond acceptors (Lipinski definition) is 3. The van der Waals surface area contributed by atoms with Crippen molar-refractivity contribution in [1.82, 2.24) is 0 Å². The van der Waals surface area contributed by atoms with Crippen LogP contribution >= 0.6 is 11.3 Å². The van der Waals surface area contributed by atoms with Crippen molar-refractivity contribution < 1.29 is 9.50 Å². The maximum atomic E-state index is 13.8. The van der Waals surface area contributed by atoms with Crippen LogP contribution in [0.25, 0.3) is 0 Å². The lowest BCUT2D eigenvalue weighted by atomic mass is 10.1. The van der Waals surface area contributed by atoms with Gasteiger partial charge in [0.15, 0.2) is 0 Å². The molecular weight excluding hydrogens is 261 g/mol. The predicted molar refractivity (Wildman–Crippen MR) is 78.3 cm³/mol. The van der Waals surface area contributed by atoms with E-state index in [0.29, 0.717) is 5.56 Å². The van der Waals surface area contributed by atoms with Gasteiger partial charge < -0.3 is 10.0 Å². The molecule has 2 rings (SSSR count). The highest BCUT2D eigenvalue weighted by atomic mass is 32.1. The predicted octanol–water partition coefficient (Wildman–Crippen LogP) is 3.62. The van der Waals surface area contributed by atoms with Gasteiger partial charge in [0.1, 0.15) is 5.82 Å². The Morgan fingerprint density at radius 2 is 2.11 bits per heavy atom. The number of aliphatic hydroxyl groups is 1. The molecule has 102 valence electrons. The van der Waals surface area contributed by atoms with Crippen molar-refractivity contribution in [2.45, 2.75) is 19.4 Å². The lowest BCUT2D eigenvalue weighted by Crippen LogP contribution is -2.22. The Bertz CT molecular complexity index is 525. The molecule has 0 spiro atoms. The number of thiophene rings is 1. The summed E-state index contributed by atoms with van der Waals surface area (Å²) < 4.78 is 13.8. The van der Waals surface area contributed by atoms with E-state index in [0.717, 1.165) is 18.7 Å². The van der Waals surface area contributed by atoms with Crippen LogP contribution in [-0.2, 0) is 6.42 Å². The highest BCUT2D eigenvalue weighted by molar-refractivity contribution is 7.09. The molecule has 1 heterocycles. The van der Waals surface area contributed by atoms with Crippen LogP contribution in [0.4, 0.5) is 10.1 Å². The number of hydrogen-bond donors (Lipinski definition) is 1. The summed E-state index contributed by atoms with van der Waals surface area (Å²) in [5.74, 6) is -0.351. The molecule has 4 heteroatoms. The Morgan fingerprint density at radius 1 is 1.32 bits per heavy atom. The molecule has 0 bridgehead atoms. The zero-order chi connectivity index (χ0) is 13.8. The van der Waals surface area contributed by atoms with Crippen molar-refractivity contribution in [3.8, 4) is 0 Å². The zero-order valence-corrected chi connectivity index (χ0v) is 12.0. The largest absolute Gasteiger partial charge is 0.389 e. The first-order chi connectivity index (χ1) is 9.09. The summed E-state index contributed by atoms with van der Waals surface area (Å²) in [4.78, 5) is 3.30. The van der Waals surface area contributed by atoms with Crippen LogP contribution in [0, 0.1) is 5.82 Å². The van der Waals surface area contributed by atoms with Gasteiger partial charge in [-0.05, 0) is 36.9 Å². The third-order valence-electron chi connectivity index (χ3n) is 3.13. The molecule has 2 nitrogen and oxygen atoms in total. The fraction of sp³-hybridized carbons (Fsp3) is 0.333. The molecule has 1 atom stereocenters. The second-order valence-corrected chi connectivity index (χ2v) is 5.63. The van der Waals surface area contributed by atoms with Crippen molar-refractivity contribution in [3.63, 3.8) is 0 Å². The summed E-state index contributed by atoms with van der Waals surface area (Å²) in [7, 11) is 1.92. The quantitative estimate of drug-likeness (QED) is 0.903. The third-order valence-corrected chi connectivity index (χ3v) is 4.07. The number of likely N-dealkylation sites (N-methyl/N-ethyl adjacent to an activating group) is 1. The van der Waals surface area contributed by atoms with Crippen LogP contribution in [0.1, 0.15) is 23.5 Å². The number of aliphatic hydroxyl groups excluding tert-OH is 1. The lowest BCUT2D eigenvalue weighted by molar-refractivity contribution is 0.194. The molecule has 0 fully saturated rings. The molecule has 0 aliphatic rings. The van der Waals surface area contributed by atoms with Crippen molar-refractivity contribution in [1.29, 1.82) is 0 Å². The first-order valence-corrected chi connectivity index (χ1v) is 7.17. The Hall–Kier alpha value is -1.39. The molecule has 1 N–H and O–H groups in total. The van der Waals surface area contributed by atoms with Crippen LogP contribution in [0.5, 0.6) is 0 Å². The van der Waals surface area contributed by atoms with E-state index < -0.39 is 6.10 Å². The van der Waals surface area contributed by atoms with Crippen molar-refractivity contribution in [2.75, 3.05) is 18.5 Å². The number of halogens is 1. The molecule has 1 aromatic carbocycles. The van der Waals surface area contributed by atoms with Gasteiger partial charge in [-0.25, -0.2) is 4.39 Å². The molecule has 19 heavy (non-hydrogen) atoms. The van der Waals surface area contributed by atoms with Gasteiger partial charge in [0.25, 0.3) is 0 Å². The van der Waals surface area contributed by atoms with E-state index in [1.165, 1.54) is 10.9 Å². The van der Waals surface area contributed by atoms with Crippen LogP contribution in [0.15, 0.2) is 35.7 Å². The second-order valence-electron chi connectivity index (χ2n) is 4.60. The third kappa shape index (κ3) is 3.33. The van der Waals surface area contributed by atoms with E-state index in [9.17, 15) is 9.50 Å². The minimum atomic E-state index is -0.805. The van der Waals surface area contributed by atoms with Crippen molar-refractivity contribution in [3.05, 3.63) is 52.0 Å². The van der Waals surface area contributed by atoms with Gasteiger partial charge in [0.2, 0.25) is 0 Å². The molecule has 0 radical (unpaired) electrons. The molecule has 1 aromatic heterocycles. The molecule has 0 aliphatic heterocycles. The average molecular weight is 279 g/mol. The standard InChI is InChI=1S/C15H18FNOS/c1-11(18)15-13(16)6-3-7-14(15)17(2)9-8-12-5-4-10-19-12/h3-7,10-11,18H,8-9H2,1-2H3/t11-/m0/s1. The minimum absolute atomic E-state index is 0.351. The van der Waals surface area contributed by atoms with E-state index in [1.54, 1.807) is 24.3 Å². The van der Waals surface area contributed by atoms with E-state index in [-0.39, 0.29) is 5.82 Å². The molecule has 0 unspecified atom stereocenters. The SMILES string of the molecule is C[C@H](O)c1c(F)cccc1N(C)CCc1cccs1. The van der Waals surface area contributed by atoms with Gasteiger partial charge in [-0.1, -0.05) is 12.1 Å². The smallest absolute Gasteiger partial charge is 0.131 e. The fourth-order valence-corrected chi connectivity index (χ4v) is 2.82. The summed E-state index contributed by atoms with van der Waals surface area (Å²) in [6.45, 7) is 2.39. The maximum Gasteiger partial charge on any atom is 0.131 e. The Morgan fingerprint density at radius 3 is 2.74 bits per heavy atom. The average Bonchev–Trinajstić information content (AvgIpc) is 2.88. The van der Waals surface area contributed by atoms with Gasteiger partial charge in [0, 0.05) is 29.7 Å². The van der Waals surface area contributed by atoms with Gasteiger partial charge in [-0.15, -0.1) is 11.3 Å². The number of nitrogens with zero attached hydrogens (tertiary/aromatic N) is 1. The summed E-state index contributed by atoms with van der Waals surface area (Å²) in [6, 6.07) is 9.04. The lowest BCUT2D eigenvalue weighted by Gasteiger charge is -2.23. The first kappa shape index (κ1) is 14.0.